The van der Waals surface area contributed by atoms with E-state index in [-0.39, 0.29) is 86.4 Å². The summed E-state index contributed by atoms with van der Waals surface area (Å²) in [4.78, 5) is 96.2. The van der Waals surface area contributed by atoms with Gasteiger partial charge in [0.1, 0.15) is 22.8 Å². The van der Waals surface area contributed by atoms with Crippen LogP contribution < -0.4 is 47.3 Å². The van der Waals surface area contributed by atoms with Crippen molar-refractivity contribution < 1.29 is 46.6 Å². The molecule has 6 aromatic rings. The number of hydrogen-bond acceptors (Lipinski definition) is 11. The average molecular weight is 1140 g/mol. The van der Waals surface area contributed by atoms with E-state index in [2.05, 4.69) is 36.6 Å². The lowest BCUT2D eigenvalue weighted by Crippen LogP contribution is -2.50. The molecular formula is C58H68BF2N11O9S. The van der Waals surface area contributed by atoms with E-state index in [0.29, 0.717) is 122 Å². The zero-order valence-corrected chi connectivity index (χ0v) is 46.8. The van der Waals surface area contributed by atoms with Gasteiger partial charge in [-0.05, 0) is 110 Å². The Morgan fingerprint density at radius 2 is 1.27 bits per heavy atom. The number of carbonyl (C=O) groups is 5. The van der Waals surface area contributed by atoms with Gasteiger partial charge in [0.05, 0.1) is 4.88 Å². The van der Waals surface area contributed by atoms with Gasteiger partial charge in [-0.1, -0.05) is 44.5 Å². The third-order valence-electron chi connectivity index (χ3n) is 13.6. The highest BCUT2D eigenvalue weighted by Gasteiger charge is 2.52. The molecular weight excluding hydrogens is 1080 g/mol. The predicted molar refractivity (Wildman–Crippen MR) is 313 cm³/mol. The van der Waals surface area contributed by atoms with Gasteiger partial charge in [-0.15, -0.1) is 11.3 Å². The molecule has 6 N–H and O–H groups in total. The van der Waals surface area contributed by atoms with Crippen molar-refractivity contribution >= 4 is 82.9 Å². The van der Waals surface area contributed by atoms with Crippen molar-refractivity contribution in [1.82, 2.24) is 50.2 Å². The Morgan fingerprint density at radius 3 is 1.94 bits per heavy atom. The molecule has 0 saturated heterocycles. The Morgan fingerprint density at radius 1 is 0.671 bits per heavy atom. The highest BCUT2D eigenvalue weighted by Crippen LogP contribution is 2.35. The molecule has 432 valence electrons. The third-order valence-corrected chi connectivity index (χ3v) is 14.5. The first-order valence-corrected chi connectivity index (χ1v) is 28.7. The molecule has 0 fully saturated rings. The van der Waals surface area contributed by atoms with Gasteiger partial charge in [0.15, 0.2) is 30.3 Å². The van der Waals surface area contributed by atoms with E-state index >= 15 is 8.63 Å². The molecule has 0 atom stereocenters. The molecule has 2 aliphatic rings. The van der Waals surface area contributed by atoms with Crippen LogP contribution in [0, 0.1) is 0 Å². The molecule has 5 amide bonds. The summed E-state index contributed by atoms with van der Waals surface area (Å²) in [6, 6.07) is 20.9. The number of nitrogens with zero attached hydrogens (tertiary/aromatic N) is 5. The number of thiophene rings is 1. The zero-order valence-electron chi connectivity index (χ0n) is 46.0. The Balaban J connectivity index is 0.602. The maximum Gasteiger partial charge on any atom is 0.737 e. The monoisotopic (exact) mass is 1140 g/mol. The van der Waals surface area contributed by atoms with Crippen molar-refractivity contribution in [3.8, 4) is 22.9 Å². The number of fused-ring (bicyclic) bond motifs is 3. The molecule has 24 heteroatoms. The number of hydrogen-bond donors (Lipinski definition) is 6. The van der Waals surface area contributed by atoms with Crippen molar-refractivity contribution in [2.24, 2.45) is 0 Å². The largest absolute Gasteiger partial charge is 0.737 e. The highest BCUT2D eigenvalue weighted by atomic mass is 32.1. The van der Waals surface area contributed by atoms with E-state index < -0.39 is 12.5 Å². The van der Waals surface area contributed by atoms with Crippen LogP contribution in [0.25, 0.3) is 40.8 Å². The van der Waals surface area contributed by atoms with E-state index in [4.69, 9.17) is 9.47 Å². The average Bonchev–Trinajstić information content (AvgIpc) is 2.42. The summed E-state index contributed by atoms with van der Waals surface area (Å²) >= 11 is 1.42. The number of amides is 5. The number of H-pyrrole nitrogens is 1. The van der Waals surface area contributed by atoms with E-state index in [0.717, 1.165) is 25.8 Å². The Kier molecular flexibility index (Phi) is 20.8. The van der Waals surface area contributed by atoms with Gasteiger partial charge in [-0.25, -0.2) is 9.78 Å². The number of carbonyl (C=O) groups excluding carboxylic acids is 5. The standard InChI is InChI=1S/C58H68BF2N11O9S/c1-3-34-69-56-54(57(78)70(35-4-2)58(69)79)67-55(68-56)41-17-25-46(26-18-41)81-39-53(77)66-33-32-65-51(75)28-31-64-50(74)13-7-9-30-62-49(73)12-6-5-8-29-63-52(76)38-80-45-23-15-40(16-24-45)14-19-42-20-21-43-37-44-22-27-47(48-11-10-36-82-48)72(44)59(60,61)71(42)43/h10-11,14-27,36-37H,3-9,12-13,28-35,38-39H2,1-2H3,(H,62,73)(H,63,76)(H,64,74)(H,65,75)(H,66,77)(H,67,68)/b19-14+. The highest BCUT2D eigenvalue weighted by molar-refractivity contribution is 7.12. The lowest BCUT2D eigenvalue weighted by atomic mass is 9.90. The number of rotatable bonds is 31. The van der Waals surface area contributed by atoms with Gasteiger partial charge >= 0.3 is 12.7 Å². The molecule has 20 nitrogen and oxygen atoms in total. The Hall–Kier alpha value is -8.67. The van der Waals surface area contributed by atoms with Crippen molar-refractivity contribution in [3.05, 3.63) is 139 Å². The van der Waals surface area contributed by atoms with Gasteiger partial charge in [-0.3, -0.25) is 37.9 Å². The second kappa shape index (κ2) is 28.7. The number of aromatic amines is 1. The number of unbranched alkanes of at least 4 members (excludes halogenated alkanes) is 3. The number of aromatic nitrogens is 5. The SMILES string of the molecule is CCCn1c(=O)c2[nH]c(-c3ccc(OCC(=O)NCCNC(=O)CCNC(=O)CCCCNC(=O)CCCCCNC(=O)COc4ccc(/C=C/c5ccc6n5[B-](F)(F)[N+]5=C(c7cccs7)C=CC5=C6)cc4)cc3)nc2n(CCC)c1=O. The van der Waals surface area contributed by atoms with Crippen LogP contribution in [-0.4, -0.2) is 116 Å². The maximum absolute atomic E-state index is 16.1. The lowest BCUT2D eigenvalue weighted by Gasteiger charge is -2.30. The quantitative estimate of drug-likeness (QED) is 0.0212. The van der Waals surface area contributed by atoms with Gasteiger partial charge < -0.3 is 58.6 Å². The minimum Gasteiger partial charge on any atom is -0.484 e. The first kappa shape index (κ1) is 59.5. The molecule has 0 bridgehead atoms. The van der Waals surface area contributed by atoms with Crippen LogP contribution >= 0.6 is 11.3 Å². The molecule has 82 heavy (non-hydrogen) atoms. The number of ether oxygens (including phenoxy) is 2. The summed E-state index contributed by atoms with van der Waals surface area (Å²) in [5.74, 6) is 0.109. The number of aryl methyl sites for hydroxylation is 1. The smallest absolute Gasteiger partial charge is 0.484 e. The van der Waals surface area contributed by atoms with Crippen molar-refractivity contribution in [1.29, 1.82) is 0 Å². The van der Waals surface area contributed by atoms with E-state index in [9.17, 15) is 33.6 Å². The molecule has 0 unspecified atom stereocenters. The van der Waals surface area contributed by atoms with Gasteiger partial charge in [0.25, 0.3) is 17.4 Å². The first-order valence-electron chi connectivity index (χ1n) is 27.8. The number of halogens is 2. The van der Waals surface area contributed by atoms with Crippen LogP contribution in [0.1, 0.15) is 99.9 Å². The van der Waals surface area contributed by atoms with Crippen LogP contribution in [0.15, 0.2) is 106 Å². The molecule has 0 saturated carbocycles. The fourth-order valence-corrected chi connectivity index (χ4v) is 10.2. The topological polar surface area (TPSA) is 245 Å². The summed E-state index contributed by atoms with van der Waals surface area (Å²) in [6.45, 7) is 1.39. The van der Waals surface area contributed by atoms with Crippen molar-refractivity contribution in [2.45, 2.75) is 91.1 Å². The van der Waals surface area contributed by atoms with Crippen molar-refractivity contribution in [3.63, 3.8) is 0 Å². The summed E-state index contributed by atoms with van der Waals surface area (Å²) in [5.41, 5.74) is 2.97. The molecule has 2 aliphatic heterocycles. The molecule has 0 radical (unpaired) electrons. The molecule has 8 rings (SSSR count). The number of nitrogens with one attached hydrogen (secondary N) is 6. The van der Waals surface area contributed by atoms with Crippen LogP contribution in [0.2, 0.25) is 0 Å². The summed E-state index contributed by atoms with van der Waals surface area (Å²) in [5, 5.41) is 15.7. The second-order valence-corrected chi connectivity index (χ2v) is 20.7. The molecule has 2 aromatic carbocycles. The van der Waals surface area contributed by atoms with E-state index in [1.807, 2.05) is 31.4 Å². The Bertz CT molecular complexity index is 3490. The minimum atomic E-state index is -4.14. The molecule has 0 aliphatic carbocycles. The third kappa shape index (κ3) is 15.4. The minimum absolute atomic E-state index is 0.0677. The van der Waals surface area contributed by atoms with E-state index in [1.54, 1.807) is 91.0 Å². The Labute approximate surface area is 476 Å². The fraction of sp³-hybridized carbons (Fsp3) is 0.362. The number of imidazole rings is 1. The molecule has 0 spiro atoms. The van der Waals surface area contributed by atoms with Crippen LogP contribution in [0.5, 0.6) is 11.5 Å². The fourth-order valence-electron chi connectivity index (χ4n) is 9.47. The van der Waals surface area contributed by atoms with Crippen molar-refractivity contribution in [2.75, 3.05) is 45.9 Å². The summed E-state index contributed by atoms with van der Waals surface area (Å²) < 4.78 is 48.5. The van der Waals surface area contributed by atoms with Gasteiger partial charge in [0.2, 0.25) is 17.7 Å². The molecule has 6 heterocycles. The van der Waals surface area contributed by atoms with Crippen LogP contribution in [0.3, 0.4) is 0 Å². The van der Waals surface area contributed by atoms with Gasteiger partial charge in [0, 0.05) is 100 Å². The van der Waals surface area contributed by atoms with Crippen LogP contribution in [0.4, 0.5) is 8.63 Å². The summed E-state index contributed by atoms with van der Waals surface area (Å²) in [6.07, 6.45) is 13.9. The maximum atomic E-state index is 16.1. The normalized spacial score (nSPS) is 13.2. The lowest BCUT2D eigenvalue weighted by molar-refractivity contribution is -0.360. The second-order valence-electron chi connectivity index (χ2n) is 19.7. The predicted octanol–water partition coefficient (Wildman–Crippen LogP) is 6.22. The number of allylic oxidation sites excluding steroid dienone is 2. The van der Waals surface area contributed by atoms with Crippen LogP contribution in [-0.2, 0) is 37.1 Å². The first-order chi connectivity index (χ1) is 39.7. The number of benzene rings is 2. The molecule has 4 aromatic heterocycles. The summed E-state index contributed by atoms with van der Waals surface area (Å²) in [7, 11) is 0. The van der Waals surface area contributed by atoms with Gasteiger partial charge in [-0.2, -0.15) is 0 Å². The zero-order chi connectivity index (χ0) is 58.0. The van der Waals surface area contributed by atoms with E-state index in [1.165, 1.54) is 20.5 Å².